The second kappa shape index (κ2) is 5.51. The third kappa shape index (κ3) is 2.30. The number of phenolic OH excluding ortho intramolecular Hbond substituents is 1. The van der Waals surface area contributed by atoms with Crippen molar-refractivity contribution in [3.8, 4) is 5.75 Å². The lowest BCUT2D eigenvalue weighted by Crippen LogP contribution is -2.29. The number of hydrogen-bond donors (Lipinski definition) is 2. The number of allylic oxidation sites excluding steroid dienone is 1. The number of phenols is 1. The van der Waals surface area contributed by atoms with E-state index in [0.717, 1.165) is 5.56 Å². The summed E-state index contributed by atoms with van der Waals surface area (Å²) in [6, 6.07) is 6.24. The van der Waals surface area contributed by atoms with E-state index in [1.807, 2.05) is 6.07 Å². The molecule has 7 nitrogen and oxygen atoms in total. The molecule has 0 spiro atoms. The van der Waals surface area contributed by atoms with Crippen molar-refractivity contribution in [1.82, 2.24) is 14.8 Å². The van der Waals surface area contributed by atoms with Crippen LogP contribution < -0.4 is 5.32 Å². The monoisotopic (exact) mass is 300 g/mol. The Hall–Kier alpha value is -2.83. The second-order valence-corrected chi connectivity index (χ2v) is 4.91. The van der Waals surface area contributed by atoms with Gasteiger partial charge in [0.1, 0.15) is 18.1 Å². The van der Waals surface area contributed by atoms with Crippen LogP contribution in [0.5, 0.6) is 5.75 Å². The highest BCUT2D eigenvalue weighted by molar-refractivity contribution is 5.92. The van der Waals surface area contributed by atoms with Crippen molar-refractivity contribution < 1.29 is 14.6 Å². The van der Waals surface area contributed by atoms with E-state index in [2.05, 4.69) is 15.4 Å². The number of aromatic hydroxyl groups is 1. The lowest BCUT2D eigenvalue weighted by molar-refractivity contribution is -0.139. The number of rotatable bonds is 3. The molecule has 2 N–H and O–H groups in total. The zero-order valence-electron chi connectivity index (χ0n) is 12.3. The molecule has 1 aromatic carbocycles. The standard InChI is InChI=1S/C15H16N4O3/c1-3-22-14(21)12-9(2)18-15-16-8-17-19(15)13(12)10-5-4-6-11(20)7-10/h4-8,13,20H,3H2,1-2H3,(H,16,17,18). The van der Waals surface area contributed by atoms with Crippen molar-refractivity contribution in [1.29, 1.82) is 0 Å². The smallest absolute Gasteiger partial charge is 0.338 e. The minimum Gasteiger partial charge on any atom is -0.508 e. The highest BCUT2D eigenvalue weighted by Gasteiger charge is 2.34. The lowest BCUT2D eigenvalue weighted by Gasteiger charge is -2.28. The minimum absolute atomic E-state index is 0.124. The maximum Gasteiger partial charge on any atom is 0.338 e. The third-order valence-electron chi connectivity index (χ3n) is 3.48. The molecule has 114 valence electrons. The molecular weight excluding hydrogens is 284 g/mol. The molecule has 0 amide bonds. The molecule has 22 heavy (non-hydrogen) atoms. The Bertz CT molecular complexity index is 751. The summed E-state index contributed by atoms with van der Waals surface area (Å²) in [6.45, 7) is 3.83. The van der Waals surface area contributed by atoms with E-state index in [0.29, 0.717) is 17.2 Å². The zero-order chi connectivity index (χ0) is 15.7. The Labute approximate surface area is 127 Å². The van der Waals surface area contributed by atoms with Crippen molar-refractivity contribution in [2.45, 2.75) is 19.9 Å². The minimum atomic E-state index is -0.495. The maximum atomic E-state index is 12.4. The van der Waals surface area contributed by atoms with E-state index in [4.69, 9.17) is 4.74 Å². The van der Waals surface area contributed by atoms with Gasteiger partial charge in [0.15, 0.2) is 0 Å². The Morgan fingerprint density at radius 2 is 2.32 bits per heavy atom. The Balaban J connectivity index is 2.15. The molecule has 3 rings (SSSR count). The fourth-order valence-electron chi connectivity index (χ4n) is 2.57. The molecule has 1 aliphatic heterocycles. The summed E-state index contributed by atoms with van der Waals surface area (Å²) in [6.07, 6.45) is 1.42. The van der Waals surface area contributed by atoms with Crippen molar-refractivity contribution >= 4 is 11.9 Å². The van der Waals surface area contributed by atoms with E-state index in [1.165, 1.54) is 6.33 Å². The number of carbonyl (C=O) groups excluding carboxylic acids is 1. The average Bonchev–Trinajstić information content (AvgIpc) is 2.93. The molecular formula is C15H16N4O3. The number of carbonyl (C=O) groups is 1. The van der Waals surface area contributed by atoms with E-state index >= 15 is 0 Å². The van der Waals surface area contributed by atoms with Crippen LogP contribution in [-0.4, -0.2) is 32.4 Å². The maximum absolute atomic E-state index is 12.4. The van der Waals surface area contributed by atoms with Gasteiger partial charge in [0.2, 0.25) is 5.95 Å². The van der Waals surface area contributed by atoms with Gasteiger partial charge < -0.3 is 15.2 Å². The van der Waals surface area contributed by atoms with E-state index in [-0.39, 0.29) is 12.4 Å². The summed E-state index contributed by atoms with van der Waals surface area (Å²) in [5.74, 6) is 0.249. The van der Waals surface area contributed by atoms with Gasteiger partial charge in [-0.2, -0.15) is 10.1 Å². The molecule has 0 bridgehead atoms. The predicted octanol–water partition coefficient (Wildman–Crippen LogP) is 1.84. The van der Waals surface area contributed by atoms with Crippen molar-refractivity contribution in [3.05, 3.63) is 47.4 Å². The van der Waals surface area contributed by atoms with Crippen molar-refractivity contribution in [2.75, 3.05) is 11.9 Å². The van der Waals surface area contributed by atoms with Gasteiger partial charge in [0.05, 0.1) is 12.2 Å². The van der Waals surface area contributed by atoms with Gasteiger partial charge in [0, 0.05) is 5.70 Å². The molecule has 1 atom stereocenters. The molecule has 2 aromatic rings. The van der Waals surface area contributed by atoms with Gasteiger partial charge >= 0.3 is 5.97 Å². The number of nitrogens with zero attached hydrogens (tertiary/aromatic N) is 3. The number of anilines is 1. The van der Waals surface area contributed by atoms with Gasteiger partial charge in [-0.05, 0) is 31.5 Å². The first-order chi connectivity index (χ1) is 10.6. The summed E-state index contributed by atoms with van der Waals surface area (Å²) < 4.78 is 6.77. The lowest BCUT2D eigenvalue weighted by atomic mass is 9.95. The van der Waals surface area contributed by atoms with Gasteiger partial charge in [-0.25, -0.2) is 9.48 Å². The van der Waals surface area contributed by atoms with Crippen LogP contribution in [0, 0.1) is 0 Å². The second-order valence-electron chi connectivity index (χ2n) is 4.91. The molecule has 7 heteroatoms. The topological polar surface area (TPSA) is 89.3 Å². The molecule has 1 unspecified atom stereocenters. The number of esters is 1. The highest BCUT2D eigenvalue weighted by Crippen LogP contribution is 2.35. The summed E-state index contributed by atoms with van der Waals surface area (Å²) in [5, 5.41) is 17.0. The summed E-state index contributed by atoms with van der Waals surface area (Å²) in [4.78, 5) is 16.5. The number of hydrogen-bond acceptors (Lipinski definition) is 6. The number of fused-ring (bicyclic) bond motifs is 1. The normalized spacial score (nSPS) is 16.9. The molecule has 0 saturated carbocycles. The fraction of sp³-hybridized carbons (Fsp3) is 0.267. The first kappa shape index (κ1) is 14.1. The zero-order valence-corrected chi connectivity index (χ0v) is 12.3. The largest absolute Gasteiger partial charge is 0.508 e. The Morgan fingerprint density at radius 3 is 3.05 bits per heavy atom. The number of benzene rings is 1. The molecule has 0 aliphatic carbocycles. The van der Waals surface area contributed by atoms with Gasteiger partial charge in [0.25, 0.3) is 0 Å². The first-order valence-electron chi connectivity index (χ1n) is 6.95. The molecule has 1 aliphatic rings. The van der Waals surface area contributed by atoms with Gasteiger partial charge in [-0.1, -0.05) is 12.1 Å². The predicted molar refractivity (Wildman–Crippen MR) is 79.2 cm³/mol. The van der Waals surface area contributed by atoms with E-state index in [9.17, 15) is 9.90 Å². The number of aromatic nitrogens is 3. The first-order valence-corrected chi connectivity index (χ1v) is 6.95. The van der Waals surface area contributed by atoms with Crippen molar-refractivity contribution in [3.63, 3.8) is 0 Å². The molecule has 2 heterocycles. The van der Waals surface area contributed by atoms with Crippen LogP contribution in [0.4, 0.5) is 5.95 Å². The fourth-order valence-corrected chi connectivity index (χ4v) is 2.57. The highest BCUT2D eigenvalue weighted by atomic mass is 16.5. The Morgan fingerprint density at radius 1 is 1.50 bits per heavy atom. The number of nitrogens with one attached hydrogen (secondary N) is 1. The van der Waals surface area contributed by atoms with Crippen LogP contribution >= 0.6 is 0 Å². The average molecular weight is 300 g/mol. The van der Waals surface area contributed by atoms with Crippen LogP contribution in [0.3, 0.4) is 0 Å². The van der Waals surface area contributed by atoms with E-state index in [1.54, 1.807) is 36.7 Å². The van der Waals surface area contributed by atoms with Gasteiger partial charge in [-0.15, -0.1) is 0 Å². The molecule has 0 saturated heterocycles. The number of ether oxygens (including phenoxy) is 1. The van der Waals surface area contributed by atoms with Crippen LogP contribution in [0.1, 0.15) is 25.5 Å². The van der Waals surface area contributed by atoms with Crippen LogP contribution in [0.25, 0.3) is 0 Å². The van der Waals surface area contributed by atoms with Crippen LogP contribution in [0.2, 0.25) is 0 Å². The summed E-state index contributed by atoms with van der Waals surface area (Å²) in [7, 11) is 0. The summed E-state index contributed by atoms with van der Waals surface area (Å²) >= 11 is 0. The Kier molecular flexibility index (Phi) is 3.54. The quantitative estimate of drug-likeness (QED) is 0.841. The SMILES string of the molecule is CCOC(=O)C1=C(C)Nc2ncnn2C1c1cccc(O)c1. The van der Waals surface area contributed by atoms with Crippen LogP contribution in [-0.2, 0) is 9.53 Å². The van der Waals surface area contributed by atoms with Gasteiger partial charge in [-0.3, -0.25) is 0 Å². The molecule has 0 fully saturated rings. The third-order valence-corrected chi connectivity index (χ3v) is 3.48. The van der Waals surface area contributed by atoms with E-state index < -0.39 is 12.0 Å². The molecule has 0 radical (unpaired) electrons. The summed E-state index contributed by atoms with van der Waals surface area (Å²) in [5.41, 5.74) is 1.84. The van der Waals surface area contributed by atoms with Crippen molar-refractivity contribution in [2.24, 2.45) is 0 Å². The molecule has 1 aromatic heterocycles. The van der Waals surface area contributed by atoms with Crippen LogP contribution in [0.15, 0.2) is 41.9 Å².